The fourth-order valence-corrected chi connectivity index (χ4v) is 3.29. The number of likely N-dealkylation sites (N-methyl/N-ethyl adjacent to an activating group) is 1. The number of carbonyl (C=O) groups is 1. The molecule has 0 saturated heterocycles. The second kappa shape index (κ2) is 10.7. The van der Waals surface area contributed by atoms with E-state index >= 15 is 0 Å². The summed E-state index contributed by atoms with van der Waals surface area (Å²) in [4.78, 5) is 18.8. The summed E-state index contributed by atoms with van der Waals surface area (Å²) in [6.45, 7) is 12.9. The van der Waals surface area contributed by atoms with Crippen LogP contribution in [-0.2, 0) is 0 Å². The van der Waals surface area contributed by atoms with Crippen LogP contribution in [0.15, 0.2) is 61.2 Å². The number of rotatable bonds is 10. The number of hydrogen-bond acceptors (Lipinski definition) is 4. The standard InChI is InChI=1S/C24H33N3O2/c1-6-16-25(5)19(4)18-27(22-10-9-11-23(28)17-22)21-14-12-20(13-15-21)24(29)26(7-2)8-3/h6,9-15,17,19,28H,1,7-8,16,18H2,2-5H3. The number of hydrogen-bond donors (Lipinski definition) is 1. The summed E-state index contributed by atoms with van der Waals surface area (Å²) in [6, 6.07) is 15.2. The second-order valence-corrected chi connectivity index (χ2v) is 7.23. The minimum Gasteiger partial charge on any atom is -0.508 e. The van der Waals surface area contributed by atoms with Crippen molar-refractivity contribution in [2.75, 3.05) is 38.1 Å². The van der Waals surface area contributed by atoms with Gasteiger partial charge in [0, 0.05) is 55.2 Å². The first kappa shape index (κ1) is 22.5. The lowest BCUT2D eigenvalue weighted by Gasteiger charge is -2.32. The van der Waals surface area contributed by atoms with Gasteiger partial charge in [0.15, 0.2) is 0 Å². The highest BCUT2D eigenvalue weighted by Gasteiger charge is 2.18. The van der Waals surface area contributed by atoms with Gasteiger partial charge >= 0.3 is 0 Å². The number of benzene rings is 2. The SMILES string of the molecule is C=CCN(C)C(C)CN(c1ccc(C(=O)N(CC)CC)cc1)c1cccc(O)c1. The van der Waals surface area contributed by atoms with Crippen LogP contribution in [0.4, 0.5) is 11.4 Å². The van der Waals surface area contributed by atoms with Crippen molar-refractivity contribution in [3.05, 3.63) is 66.7 Å². The molecule has 0 aliphatic carbocycles. The lowest BCUT2D eigenvalue weighted by Crippen LogP contribution is -2.38. The largest absolute Gasteiger partial charge is 0.508 e. The molecule has 0 saturated carbocycles. The van der Waals surface area contributed by atoms with Gasteiger partial charge in [0.2, 0.25) is 0 Å². The van der Waals surface area contributed by atoms with Gasteiger partial charge in [-0.25, -0.2) is 0 Å². The topological polar surface area (TPSA) is 47.0 Å². The molecule has 0 radical (unpaired) electrons. The summed E-state index contributed by atoms with van der Waals surface area (Å²) < 4.78 is 0. The minimum absolute atomic E-state index is 0.0459. The van der Waals surface area contributed by atoms with E-state index in [9.17, 15) is 9.90 Å². The lowest BCUT2D eigenvalue weighted by atomic mass is 10.1. The first-order valence-corrected chi connectivity index (χ1v) is 10.2. The number of aromatic hydroxyl groups is 1. The molecular weight excluding hydrogens is 362 g/mol. The zero-order valence-corrected chi connectivity index (χ0v) is 18.0. The van der Waals surface area contributed by atoms with Crippen LogP contribution in [0.25, 0.3) is 0 Å². The van der Waals surface area contributed by atoms with Crippen LogP contribution < -0.4 is 4.90 Å². The number of amides is 1. The molecule has 29 heavy (non-hydrogen) atoms. The summed E-state index contributed by atoms with van der Waals surface area (Å²) in [5, 5.41) is 9.97. The fourth-order valence-electron chi connectivity index (χ4n) is 3.29. The minimum atomic E-state index is 0.0459. The Balaban J connectivity index is 2.33. The predicted molar refractivity (Wildman–Crippen MR) is 121 cm³/mol. The van der Waals surface area contributed by atoms with Crippen molar-refractivity contribution < 1.29 is 9.90 Å². The van der Waals surface area contributed by atoms with Crippen molar-refractivity contribution in [3.63, 3.8) is 0 Å². The summed E-state index contributed by atoms with van der Waals surface area (Å²) in [5.41, 5.74) is 2.57. The molecule has 1 unspecified atom stereocenters. The molecule has 2 aromatic carbocycles. The van der Waals surface area contributed by atoms with E-state index in [1.54, 1.807) is 12.1 Å². The number of phenols is 1. The van der Waals surface area contributed by atoms with Gasteiger partial charge in [-0.05, 0) is 64.2 Å². The third-order valence-electron chi connectivity index (χ3n) is 5.23. The van der Waals surface area contributed by atoms with Crippen molar-refractivity contribution >= 4 is 17.3 Å². The average Bonchev–Trinajstić information content (AvgIpc) is 2.73. The van der Waals surface area contributed by atoms with Gasteiger partial charge < -0.3 is 14.9 Å². The van der Waals surface area contributed by atoms with Gasteiger partial charge in [0.05, 0.1) is 0 Å². The first-order chi connectivity index (χ1) is 13.9. The maximum absolute atomic E-state index is 12.6. The Bertz CT molecular complexity index is 800. The van der Waals surface area contributed by atoms with E-state index in [4.69, 9.17) is 0 Å². The lowest BCUT2D eigenvalue weighted by molar-refractivity contribution is 0.0773. The Kier molecular flexibility index (Phi) is 8.28. The highest BCUT2D eigenvalue weighted by molar-refractivity contribution is 5.94. The Hall–Kier alpha value is -2.79. The van der Waals surface area contributed by atoms with E-state index in [1.807, 2.05) is 61.2 Å². The van der Waals surface area contributed by atoms with Gasteiger partial charge in [0.25, 0.3) is 5.91 Å². The van der Waals surface area contributed by atoms with Gasteiger partial charge in [-0.15, -0.1) is 6.58 Å². The molecule has 0 bridgehead atoms. The third kappa shape index (κ3) is 5.84. The van der Waals surface area contributed by atoms with Crippen molar-refractivity contribution in [2.24, 2.45) is 0 Å². The Labute approximate surface area is 174 Å². The Morgan fingerprint density at radius 1 is 1.10 bits per heavy atom. The monoisotopic (exact) mass is 395 g/mol. The zero-order valence-electron chi connectivity index (χ0n) is 18.0. The maximum atomic E-state index is 12.6. The van der Waals surface area contributed by atoms with E-state index in [-0.39, 0.29) is 17.7 Å². The van der Waals surface area contributed by atoms with Crippen LogP contribution in [0.1, 0.15) is 31.1 Å². The van der Waals surface area contributed by atoms with Crippen LogP contribution >= 0.6 is 0 Å². The van der Waals surface area contributed by atoms with Gasteiger partial charge in [-0.3, -0.25) is 9.69 Å². The molecule has 156 valence electrons. The molecule has 5 nitrogen and oxygen atoms in total. The quantitative estimate of drug-likeness (QED) is 0.601. The van der Waals surface area contributed by atoms with Crippen molar-refractivity contribution in [3.8, 4) is 5.75 Å². The molecule has 1 amide bonds. The molecular formula is C24H33N3O2. The van der Waals surface area contributed by atoms with Crippen molar-refractivity contribution in [1.82, 2.24) is 9.80 Å². The van der Waals surface area contributed by atoms with Gasteiger partial charge in [-0.1, -0.05) is 12.1 Å². The van der Waals surface area contributed by atoms with Gasteiger partial charge in [-0.2, -0.15) is 0 Å². The number of carbonyl (C=O) groups excluding carboxylic acids is 1. The Morgan fingerprint density at radius 2 is 1.76 bits per heavy atom. The molecule has 1 N–H and O–H groups in total. The van der Waals surface area contributed by atoms with E-state index < -0.39 is 0 Å². The summed E-state index contributed by atoms with van der Waals surface area (Å²) in [5.74, 6) is 0.275. The number of anilines is 2. The van der Waals surface area contributed by atoms with Crippen LogP contribution in [0.2, 0.25) is 0 Å². The zero-order chi connectivity index (χ0) is 21.4. The molecule has 0 spiro atoms. The molecule has 0 aliphatic rings. The highest BCUT2D eigenvalue weighted by Crippen LogP contribution is 2.29. The van der Waals surface area contributed by atoms with E-state index in [0.717, 1.165) is 24.5 Å². The predicted octanol–water partition coefficient (Wildman–Crippen LogP) is 4.52. The molecule has 0 fully saturated rings. The van der Waals surface area contributed by atoms with Crippen LogP contribution in [-0.4, -0.2) is 60.1 Å². The second-order valence-electron chi connectivity index (χ2n) is 7.23. The molecule has 2 rings (SSSR count). The molecule has 2 aromatic rings. The molecule has 0 aromatic heterocycles. The van der Waals surface area contributed by atoms with Gasteiger partial charge in [0.1, 0.15) is 5.75 Å². The maximum Gasteiger partial charge on any atom is 0.253 e. The Morgan fingerprint density at radius 3 is 2.31 bits per heavy atom. The smallest absolute Gasteiger partial charge is 0.253 e. The highest BCUT2D eigenvalue weighted by atomic mass is 16.3. The first-order valence-electron chi connectivity index (χ1n) is 10.2. The van der Waals surface area contributed by atoms with E-state index in [0.29, 0.717) is 18.7 Å². The molecule has 1 atom stereocenters. The van der Waals surface area contributed by atoms with Crippen molar-refractivity contribution in [1.29, 1.82) is 0 Å². The number of phenolic OH excluding ortho intramolecular Hbond substituents is 1. The van der Waals surface area contributed by atoms with E-state index in [2.05, 4.69) is 30.4 Å². The summed E-state index contributed by atoms with van der Waals surface area (Å²) in [6.07, 6.45) is 1.89. The number of nitrogens with zero attached hydrogens (tertiary/aromatic N) is 3. The normalized spacial score (nSPS) is 11.9. The molecule has 0 heterocycles. The fraction of sp³-hybridized carbons (Fsp3) is 0.375. The van der Waals surface area contributed by atoms with Crippen molar-refractivity contribution in [2.45, 2.75) is 26.8 Å². The van der Waals surface area contributed by atoms with E-state index in [1.165, 1.54) is 0 Å². The summed E-state index contributed by atoms with van der Waals surface area (Å²) >= 11 is 0. The van der Waals surface area contributed by atoms with Crippen LogP contribution in [0.3, 0.4) is 0 Å². The molecule has 5 heteroatoms. The van der Waals surface area contributed by atoms with Crippen LogP contribution in [0.5, 0.6) is 5.75 Å². The van der Waals surface area contributed by atoms with Crippen LogP contribution in [0, 0.1) is 0 Å². The average molecular weight is 396 g/mol. The summed E-state index contributed by atoms with van der Waals surface area (Å²) in [7, 11) is 2.07. The molecule has 0 aliphatic heterocycles. The third-order valence-corrected chi connectivity index (χ3v) is 5.23.